The summed E-state index contributed by atoms with van der Waals surface area (Å²) in [6.45, 7) is 0. The second-order valence-electron chi connectivity index (χ2n) is 6.13. The fourth-order valence-corrected chi connectivity index (χ4v) is 3.21. The fraction of sp³-hybridized carbons (Fsp3) is 0.333. The maximum Gasteiger partial charge on any atom is 0.183 e. The zero-order valence-electron chi connectivity index (χ0n) is 13.5. The molecule has 7 heteroatoms. The van der Waals surface area contributed by atoms with Crippen LogP contribution in [-0.4, -0.2) is 16.7 Å². The number of anilines is 1. The molecular formula is C18H18F2N2O3. The quantitative estimate of drug-likeness (QED) is 0.876. The van der Waals surface area contributed by atoms with Crippen LogP contribution in [0, 0.1) is 11.6 Å². The number of carbonyl (C=O) groups excluding carboxylic acids is 2. The SMILES string of the molecule is NC1=C(N(C2=C(O)CCCC2=O)c2cccc(F)c2F)C(=O)CCC1. The van der Waals surface area contributed by atoms with E-state index >= 15 is 0 Å². The molecule has 25 heavy (non-hydrogen) atoms. The first-order valence-corrected chi connectivity index (χ1v) is 8.13. The van der Waals surface area contributed by atoms with Gasteiger partial charge in [0.05, 0.1) is 5.69 Å². The average Bonchev–Trinajstić information content (AvgIpc) is 2.56. The van der Waals surface area contributed by atoms with E-state index in [0.29, 0.717) is 19.3 Å². The molecule has 5 nitrogen and oxygen atoms in total. The standard InChI is InChI=1S/C18H18F2N2O3/c19-10-4-1-6-12(16(10)20)22(17-11(21)5-2-7-13(17)23)18-14(24)8-3-9-15(18)25/h1,4,6,24H,2-3,5,7-9,21H2. The van der Waals surface area contributed by atoms with E-state index in [1.807, 2.05) is 0 Å². The van der Waals surface area contributed by atoms with Crippen molar-refractivity contribution in [2.75, 3.05) is 4.90 Å². The lowest BCUT2D eigenvalue weighted by Gasteiger charge is -2.33. The normalized spacial score (nSPS) is 18.8. The Morgan fingerprint density at radius 1 is 0.960 bits per heavy atom. The Bertz CT molecular complexity index is 773. The molecule has 0 amide bonds. The third kappa shape index (κ3) is 3.01. The predicted octanol–water partition coefficient (Wildman–Crippen LogP) is 3.22. The molecule has 0 heterocycles. The van der Waals surface area contributed by atoms with Crippen molar-refractivity contribution < 1.29 is 23.5 Å². The van der Waals surface area contributed by atoms with Gasteiger partial charge >= 0.3 is 0 Å². The minimum atomic E-state index is -1.21. The van der Waals surface area contributed by atoms with Crippen LogP contribution >= 0.6 is 0 Å². The van der Waals surface area contributed by atoms with Gasteiger partial charge in [0.25, 0.3) is 0 Å². The molecule has 2 aliphatic rings. The highest BCUT2D eigenvalue weighted by molar-refractivity contribution is 6.07. The maximum atomic E-state index is 14.5. The molecule has 132 valence electrons. The topological polar surface area (TPSA) is 83.6 Å². The van der Waals surface area contributed by atoms with E-state index in [9.17, 15) is 23.5 Å². The molecule has 0 saturated carbocycles. The number of aliphatic hydroxyl groups is 1. The molecule has 0 aliphatic heterocycles. The maximum absolute atomic E-state index is 14.5. The van der Waals surface area contributed by atoms with Crippen LogP contribution < -0.4 is 10.6 Å². The zero-order valence-corrected chi connectivity index (χ0v) is 13.5. The summed E-state index contributed by atoms with van der Waals surface area (Å²) in [5, 5.41) is 10.3. The number of rotatable bonds is 3. The number of aliphatic hydroxyl groups excluding tert-OH is 1. The second kappa shape index (κ2) is 6.66. The van der Waals surface area contributed by atoms with E-state index in [1.165, 1.54) is 12.1 Å². The average molecular weight is 348 g/mol. The number of Topliss-reactive ketones (excluding diaryl/α,β-unsaturated/α-hetero) is 2. The summed E-state index contributed by atoms with van der Waals surface area (Å²) in [5.41, 5.74) is 5.59. The third-order valence-corrected chi connectivity index (χ3v) is 4.39. The Balaban J connectivity index is 2.28. The monoisotopic (exact) mass is 348 g/mol. The van der Waals surface area contributed by atoms with Crippen LogP contribution in [-0.2, 0) is 9.59 Å². The minimum Gasteiger partial charge on any atom is -0.510 e. The van der Waals surface area contributed by atoms with Crippen LogP contribution in [0.2, 0.25) is 0 Å². The molecular weight excluding hydrogens is 330 g/mol. The van der Waals surface area contributed by atoms with Crippen LogP contribution in [0.5, 0.6) is 0 Å². The van der Waals surface area contributed by atoms with Crippen LogP contribution in [0.15, 0.2) is 41.0 Å². The highest BCUT2D eigenvalue weighted by atomic mass is 19.2. The van der Waals surface area contributed by atoms with Gasteiger partial charge in [0.1, 0.15) is 17.2 Å². The van der Waals surface area contributed by atoms with Gasteiger partial charge in [0.2, 0.25) is 0 Å². The van der Waals surface area contributed by atoms with Gasteiger partial charge in [0.15, 0.2) is 23.2 Å². The molecule has 0 aromatic heterocycles. The van der Waals surface area contributed by atoms with Crippen molar-refractivity contribution >= 4 is 17.3 Å². The van der Waals surface area contributed by atoms with Crippen molar-refractivity contribution in [3.63, 3.8) is 0 Å². The lowest BCUT2D eigenvalue weighted by Crippen LogP contribution is -2.37. The Hall–Kier alpha value is -2.70. The summed E-state index contributed by atoms with van der Waals surface area (Å²) >= 11 is 0. The van der Waals surface area contributed by atoms with Gasteiger partial charge in [0, 0.05) is 25.0 Å². The number of nitrogens with two attached hydrogens (primary N) is 1. The lowest BCUT2D eigenvalue weighted by atomic mass is 9.94. The Morgan fingerprint density at radius 3 is 2.24 bits per heavy atom. The molecule has 0 bridgehead atoms. The van der Waals surface area contributed by atoms with Crippen LogP contribution in [0.1, 0.15) is 38.5 Å². The van der Waals surface area contributed by atoms with E-state index in [0.717, 1.165) is 11.0 Å². The molecule has 0 fully saturated rings. The molecule has 1 aromatic carbocycles. The van der Waals surface area contributed by atoms with Gasteiger partial charge in [-0.25, -0.2) is 8.78 Å². The van der Waals surface area contributed by atoms with Gasteiger partial charge in [-0.15, -0.1) is 0 Å². The first-order chi connectivity index (χ1) is 11.9. The van der Waals surface area contributed by atoms with Gasteiger partial charge in [-0.3, -0.25) is 14.5 Å². The second-order valence-corrected chi connectivity index (χ2v) is 6.13. The summed E-state index contributed by atoms with van der Waals surface area (Å²) in [6, 6.07) is 3.47. The third-order valence-electron chi connectivity index (χ3n) is 4.39. The number of ketones is 2. The Kier molecular flexibility index (Phi) is 4.57. The number of halogens is 2. The van der Waals surface area contributed by atoms with Crippen LogP contribution in [0.25, 0.3) is 0 Å². The lowest BCUT2D eigenvalue weighted by molar-refractivity contribution is -0.116. The summed E-state index contributed by atoms with van der Waals surface area (Å²) in [5.74, 6) is -3.39. The highest BCUT2D eigenvalue weighted by Gasteiger charge is 2.35. The van der Waals surface area contributed by atoms with Crippen molar-refractivity contribution in [1.82, 2.24) is 0 Å². The van der Waals surface area contributed by atoms with E-state index in [4.69, 9.17) is 5.73 Å². The highest BCUT2D eigenvalue weighted by Crippen LogP contribution is 2.36. The number of hydrogen-bond donors (Lipinski definition) is 2. The van der Waals surface area contributed by atoms with Gasteiger partial charge in [-0.1, -0.05) is 6.07 Å². The van der Waals surface area contributed by atoms with Gasteiger partial charge < -0.3 is 10.8 Å². The summed E-state index contributed by atoms with van der Waals surface area (Å²) in [7, 11) is 0. The predicted molar refractivity (Wildman–Crippen MR) is 87.4 cm³/mol. The number of allylic oxidation sites excluding steroid dienone is 4. The van der Waals surface area contributed by atoms with Crippen molar-refractivity contribution in [3.8, 4) is 0 Å². The van der Waals surface area contributed by atoms with E-state index in [-0.39, 0.29) is 53.6 Å². The van der Waals surface area contributed by atoms with Crippen LogP contribution in [0.4, 0.5) is 14.5 Å². The number of carbonyl (C=O) groups is 2. The first-order valence-electron chi connectivity index (χ1n) is 8.13. The molecule has 0 spiro atoms. The van der Waals surface area contributed by atoms with E-state index in [2.05, 4.69) is 0 Å². The van der Waals surface area contributed by atoms with Crippen molar-refractivity contribution in [2.45, 2.75) is 38.5 Å². The number of benzene rings is 1. The van der Waals surface area contributed by atoms with E-state index < -0.39 is 17.4 Å². The summed E-state index contributed by atoms with van der Waals surface area (Å²) < 4.78 is 28.2. The number of hydrogen-bond acceptors (Lipinski definition) is 5. The van der Waals surface area contributed by atoms with Crippen LogP contribution in [0.3, 0.4) is 0 Å². The molecule has 0 atom stereocenters. The Labute approximate surface area is 143 Å². The molecule has 2 aliphatic carbocycles. The van der Waals surface area contributed by atoms with Crippen molar-refractivity contribution in [3.05, 3.63) is 52.7 Å². The van der Waals surface area contributed by atoms with Gasteiger partial charge in [-0.05, 0) is 31.4 Å². The molecule has 0 saturated heterocycles. The summed E-state index contributed by atoms with van der Waals surface area (Å²) in [4.78, 5) is 25.9. The Morgan fingerprint density at radius 2 is 1.60 bits per heavy atom. The van der Waals surface area contributed by atoms with E-state index in [1.54, 1.807) is 0 Å². The number of nitrogens with zero attached hydrogens (tertiary/aromatic N) is 1. The smallest absolute Gasteiger partial charge is 0.183 e. The molecule has 0 unspecified atom stereocenters. The first kappa shape index (κ1) is 17.1. The zero-order chi connectivity index (χ0) is 18.1. The molecule has 3 N–H and O–H groups in total. The van der Waals surface area contributed by atoms with Crippen molar-refractivity contribution in [1.29, 1.82) is 0 Å². The van der Waals surface area contributed by atoms with Crippen molar-refractivity contribution in [2.24, 2.45) is 5.73 Å². The summed E-state index contributed by atoms with van der Waals surface area (Å²) in [6.07, 6.45) is 1.95. The largest absolute Gasteiger partial charge is 0.510 e. The van der Waals surface area contributed by atoms with Gasteiger partial charge in [-0.2, -0.15) is 0 Å². The fourth-order valence-electron chi connectivity index (χ4n) is 3.21. The molecule has 1 aromatic rings. The molecule has 0 radical (unpaired) electrons. The minimum absolute atomic E-state index is 0.0625. The molecule has 3 rings (SSSR count).